The van der Waals surface area contributed by atoms with E-state index in [-0.39, 0.29) is 19.1 Å². The lowest BCUT2D eigenvalue weighted by Gasteiger charge is -2.39. The molecule has 0 saturated heterocycles. The summed E-state index contributed by atoms with van der Waals surface area (Å²) < 4.78 is 22.1. The summed E-state index contributed by atoms with van der Waals surface area (Å²) in [7, 11) is -3.43. The van der Waals surface area contributed by atoms with Gasteiger partial charge in [0.2, 0.25) is 0 Å². The van der Waals surface area contributed by atoms with Crippen molar-refractivity contribution in [2.75, 3.05) is 6.61 Å². The predicted molar refractivity (Wildman–Crippen MR) is 158 cm³/mol. The zero-order valence-electron chi connectivity index (χ0n) is 22.7. The third-order valence-electron chi connectivity index (χ3n) is 8.15. The van der Waals surface area contributed by atoms with Gasteiger partial charge in [0.05, 0.1) is 30.6 Å². The van der Waals surface area contributed by atoms with Crippen LogP contribution in [0.25, 0.3) is 0 Å². The summed E-state index contributed by atoms with van der Waals surface area (Å²) in [5, 5.41) is 33.5. The summed E-state index contributed by atoms with van der Waals surface area (Å²) in [6.45, 7) is 0.368. The molecule has 3 N–H and O–H groups in total. The molecule has 0 amide bonds. The minimum atomic E-state index is -3.43. The highest BCUT2D eigenvalue weighted by atomic mass is 31.2. The van der Waals surface area contributed by atoms with Gasteiger partial charge in [-0.1, -0.05) is 110 Å². The van der Waals surface area contributed by atoms with E-state index < -0.39 is 25.0 Å². The van der Waals surface area contributed by atoms with E-state index >= 15 is 4.57 Å². The van der Waals surface area contributed by atoms with Crippen molar-refractivity contribution < 1.29 is 24.6 Å². The Hall–Kier alpha value is -2.27. The third-order valence-corrected chi connectivity index (χ3v) is 11.7. The largest absolute Gasteiger partial charge is 0.396 e. The summed E-state index contributed by atoms with van der Waals surface area (Å²) in [5.41, 5.74) is 0.325. The number of aliphatic hydroxyl groups excluding tert-OH is 3. The van der Waals surface area contributed by atoms with Gasteiger partial charge in [0.25, 0.3) is 0 Å². The molecule has 0 heterocycles. The van der Waals surface area contributed by atoms with Crippen molar-refractivity contribution in [3.8, 4) is 0 Å². The molecule has 4 rings (SSSR count). The Kier molecular flexibility index (Phi) is 11.4. The molecule has 1 saturated carbocycles. The fraction of sp³-hybridized carbons (Fsp3) is 0.455. The lowest BCUT2D eigenvalue weighted by molar-refractivity contribution is -0.0370. The first-order valence-corrected chi connectivity index (χ1v) is 16.1. The van der Waals surface area contributed by atoms with E-state index in [1.807, 2.05) is 91.0 Å². The summed E-state index contributed by atoms with van der Waals surface area (Å²) >= 11 is 0. The van der Waals surface area contributed by atoms with Crippen molar-refractivity contribution in [2.45, 2.75) is 81.9 Å². The maximum Gasteiger partial charge on any atom is 0.148 e. The lowest BCUT2D eigenvalue weighted by Crippen LogP contribution is -2.45. The second kappa shape index (κ2) is 14.9. The van der Waals surface area contributed by atoms with Crippen LogP contribution in [0.5, 0.6) is 0 Å². The topological polar surface area (TPSA) is 87.0 Å². The first-order chi connectivity index (χ1) is 19.0. The molecule has 1 aliphatic rings. The monoisotopic (exact) mass is 550 g/mol. The molecule has 6 heteroatoms. The maximum absolute atomic E-state index is 15.5. The fourth-order valence-electron chi connectivity index (χ4n) is 5.98. The van der Waals surface area contributed by atoms with E-state index in [1.54, 1.807) is 0 Å². The van der Waals surface area contributed by atoms with Crippen molar-refractivity contribution in [1.82, 2.24) is 0 Å². The molecule has 5 nitrogen and oxygen atoms in total. The molecule has 1 fully saturated rings. The van der Waals surface area contributed by atoms with Gasteiger partial charge < -0.3 is 24.6 Å². The molecule has 1 aliphatic carbocycles. The normalized spacial score (nSPS) is 17.8. The van der Waals surface area contributed by atoms with E-state index in [1.165, 1.54) is 6.42 Å². The van der Waals surface area contributed by atoms with Gasteiger partial charge in [-0.3, -0.25) is 0 Å². The fourth-order valence-corrected chi connectivity index (χ4v) is 9.41. The molecule has 0 aromatic heterocycles. The smallest absolute Gasteiger partial charge is 0.148 e. The Morgan fingerprint density at radius 2 is 1.33 bits per heavy atom. The molecule has 39 heavy (non-hydrogen) atoms. The molecule has 3 aromatic carbocycles. The number of benzene rings is 3. The molecular weight excluding hydrogens is 507 g/mol. The van der Waals surface area contributed by atoms with Gasteiger partial charge in [-0.25, -0.2) is 0 Å². The summed E-state index contributed by atoms with van der Waals surface area (Å²) in [6.07, 6.45) is 3.96. The van der Waals surface area contributed by atoms with Crippen molar-refractivity contribution in [3.63, 3.8) is 0 Å². The van der Waals surface area contributed by atoms with Crippen LogP contribution in [-0.4, -0.2) is 45.9 Å². The molecule has 3 aromatic rings. The van der Waals surface area contributed by atoms with Crippen LogP contribution in [0.2, 0.25) is 0 Å². The summed E-state index contributed by atoms with van der Waals surface area (Å²) in [4.78, 5) is 0. The Bertz CT molecular complexity index is 1090. The SMILES string of the molecule is O=P(c1ccccc1)(c1ccccc1)[C@@H](C[C@H](OCc1ccccc1)C1CCCCC1)[C@H](O)[C@@H](O)CCCO. The second-order valence-electron chi connectivity index (χ2n) is 10.8. The van der Waals surface area contributed by atoms with E-state index in [9.17, 15) is 15.3 Å². The molecule has 0 spiro atoms. The van der Waals surface area contributed by atoms with E-state index in [0.29, 0.717) is 36.0 Å². The maximum atomic E-state index is 15.5. The van der Waals surface area contributed by atoms with Gasteiger partial charge in [-0.2, -0.15) is 0 Å². The van der Waals surface area contributed by atoms with Gasteiger partial charge >= 0.3 is 0 Å². The molecule has 0 bridgehead atoms. The minimum Gasteiger partial charge on any atom is -0.396 e. The highest BCUT2D eigenvalue weighted by Gasteiger charge is 2.45. The van der Waals surface area contributed by atoms with Crippen LogP contribution in [0.3, 0.4) is 0 Å². The molecular formula is C33H43O5P. The average Bonchev–Trinajstić information content (AvgIpc) is 3.01. The zero-order valence-corrected chi connectivity index (χ0v) is 23.6. The van der Waals surface area contributed by atoms with E-state index in [4.69, 9.17) is 4.74 Å². The van der Waals surface area contributed by atoms with Gasteiger partial charge in [-0.15, -0.1) is 0 Å². The molecule has 4 atom stereocenters. The first kappa shape index (κ1) is 29.7. The zero-order chi connectivity index (χ0) is 27.5. The lowest BCUT2D eigenvalue weighted by atomic mass is 9.83. The Morgan fingerprint density at radius 1 is 0.795 bits per heavy atom. The number of hydrogen-bond acceptors (Lipinski definition) is 5. The average molecular weight is 551 g/mol. The quantitative estimate of drug-likeness (QED) is 0.234. The van der Waals surface area contributed by atoms with Gasteiger partial charge in [-0.05, 0) is 43.6 Å². The molecule has 0 aliphatic heterocycles. The third kappa shape index (κ3) is 7.68. The highest BCUT2D eigenvalue weighted by Crippen LogP contribution is 2.53. The number of ether oxygens (including phenoxy) is 1. The van der Waals surface area contributed by atoms with Gasteiger partial charge in [0.1, 0.15) is 7.14 Å². The van der Waals surface area contributed by atoms with Crippen LogP contribution >= 0.6 is 7.14 Å². The minimum absolute atomic E-state index is 0.0750. The van der Waals surface area contributed by atoms with Crippen molar-refractivity contribution >= 4 is 17.8 Å². The standard InChI is InChI=1S/C33H43O5P/c34-23-13-22-30(35)33(36)32(39(37,28-18-9-3-10-19-28)29-20-11-4-12-21-29)24-31(27-16-7-2-8-17-27)38-25-26-14-5-1-6-15-26/h1,3-6,9-12,14-15,18-21,27,30-36H,2,7-8,13,16-17,22-25H2/t30-,31-,32-,33+/m0/s1. The van der Waals surface area contributed by atoms with Gasteiger partial charge in [0.15, 0.2) is 0 Å². The molecule has 0 unspecified atom stereocenters. The van der Waals surface area contributed by atoms with E-state index in [0.717, 1.165) is 31.2 Å². The van der Waals surface area contributed by atoms with Gasteiger partial charge in [0, 0.05) is 17.2 Å². The molecule has 210 valence electrons. The van der Waals surface area contributed by atoms with Crippen molar-refractivity contribution in [2.24, 2.45) is 5.92 Å². The van der Waals surface area contributed by atoms with Crippen LogP contribution < -0.4 is 10.6 Å². The predicted octanol–water partition coefficient (Wildman–Crippen LogP) is 5.42. The number of rotatable bonds is 14. The number of hydrogen-bond donors (Lipinski definition) is 3. The number of aliphatic hydroxyl groups is 3. The Morgan fingerprint density at radius 3 is 1.87 bits per heavy atom. The molecule has 0 radical (unpaired) electrons. The summed E-state index contributed by atoms with van der Waals surface area (Å²) in [5.74, 6) is 0.298. The second-order valence-corrected chi connectivity index (χ2v) is 13.8. The Balaban J connectivity index is 1.75. The highest BCUT2D eigenvalue weighted by molar-refractivity contribution is 7.79. The van der Waals surface area contributed by atoms with Crippen molar-refractivity contribution in [1.29, 1.82) is 0 Å². The van der Waals surface area contributed by atoms with Crippen LogP contribution in [0, 0.1) is 5.92 Å². The first-order valence-electron chi connectivity index (χ1n) is 14.4. The van der Waals surface area contributed by atoms with Crippen LogP contribution in [0.1, 0.15) is 56.9 Å². The van der Waals surface area contributed by atoms with Crippen LogP contribution in [-0.2, 0) is 15.9 Å². The van der Waals surface area contributed by atoms with E-state index in [2.05, 4.69) is 0 Å². The van der Waals surface area contributed by atoms with Crippen molar-refractivity contribution in [3.05, 3.63) is 96.6 Å². The summed E-state index contributed by atoms with van der Waals surface area (Å²) in [6, 6.07) is 28.8. The van der Waals surface area contributed by atoms with Crippen LogP contribution in [0.15, 0.2) is 91.0 Å². The Labute approximate surface area is 233 Å². The van der Waals surface area contributed by atoms with Crippen LogP contribution in [0.4, 0.5) is 0 Å².